The molecule has 0 spiro atoms. The second kappa shape index (κ2) is 5.88. The predicted octanol–water partition coefficient (Wildman–Crippen LogP) is 5.66. The molecule has 4 rings (SSSR count). The van der Waals surface area contributed by atoms with Crippen LogP contribution in [-0.4, -0.2) is 9.55 Å². The van der Waals surface area contributed by atoms with Crippen LogP contribution >= 0.6 is 0 Å². The van der Waals surface area contributed by atoms with E-state index in [2.05, 4.69) is 72.2 Å². The molecule has 2 aromatic heterocycles. The van der Waals surface area contributed by atoms with Crippen molar-refractivity contribution in [3.63, 3.8) is 0 Å². The Labute approximate surface area is 136 Å². The highest BCUT2D eigenvalue weighted by Crippen LogP contribution is 2.34. The molecule has 0 bridgehead atoms. The number of aryl methyl sites for hydroxylation is 1. The largest absolute Gasteiger partial charge is 0.339 e. The number of unbranched alkanes of at least 4 members (excludes halogenated alkanes) is 1. The van der Waals surface area contributed by atoms with E-state index < -0.39 is 0 Å². The average Bonchev–Trinajstić information content (AvgIpc) is 2.95. The third-order valence-corrected chi connectivity index (χ3v) is 4.46. The molecule has 0 aliphatic carbocycles. The van der Waals surface area contributed by atoms with Crippen molar-refractivity contribution in [2.45, 2.75) is 26.3 Å². The fourth-order valence-electron chi connectivity index (χ4n) is 3.36. The third-order valence-electron chi connectivity index (χ3n) is 4.46. The topological polar surface area (TPSA) is 17.8 Å². The van der Waals surface area contributed by atoms with Crippen molar-refractivity contribution in [1.29, 1.82) is 0 Å². The molecule has 2 aromatic carbocycles. The molecule has 0 N–H and O–H groups in total. The Hall–Kier alpha value is -2.61. The molecule has 0 radical (unpaired) electrons. The normalized spacial score (nSPS) is 11.3. The summed E-state index contributed by atoms with van der Waals surface area (Å²) in [5.41, 5.74) is 4.82. The Morgan fingerprint density at radius 2 is 1.65 bits per heavy atom. The quantitative estimate of drug-likeness (QED) is 0.475. The lowest BCUT2D eigenvalue weighted by Gasteiger charge is -2.10. The molecule has 23 heavy (non-hydrogen) atoms. The van der Waals surface area contributed by atoms with Crippen LogP contribution in [0.15, 0.2) is 66.9 Å². The van der Waals surface area contributed by atoms with Gasteiger partial charge in [-0.3, -0.25) is 4.98 Å². The molecule has 0 atom stereocenters. The lowest BCUT2D eigenvalue weighted by molar-refractivity contribution is 0.665. The van der Waals surface area contributed by atoms with Crippen molar-refractivity contribution in [2.24, 2.45) is 0 Å². The van der Waals surface area contributed by atoms with Crippen molar-refractivity contribution in [3.8, 4) is 11.3 Å². The predicted molar refractivity (Wildman–Crippen MR) is 97.6 cm³/mol. The van der Waals surface area contributed by atoms with Gasteiger partial charge in [-0.05, 0) is 18.6 Å². The fraction of sp³-hybridized carbons (Fsp3) is 0.190. The molecule has 0 aliphatic rings. The number of aromatic nitrogens is 2. The van der Waals surface area contributed by atoms with E-state index in [1.165, 1.54) is 40.2 Å². The number of hydrogen-bond acceptors (Lipinski definition) is 1. The van der Waals surface area contributed by atoms with E-state index in [0.717, 1.165) is 12.2 Å². The van der Waals surface area contributed by atoms with E-state index in [4.69, 9.17) is 4.98 Å². The number of fused-ring (bicyclic) bond motifs is 3. The van der Waals surface area contributed by atoms with Crippen molar-refractivity contribution < 1.29 is 0 Å². The van der Waals surface area contributed by atoms with Gasteiger partial charge in [0.05, 0.1) is 11.2 Å². The summed E-state index contributed by atoms with van der Waals surface area (Å²) >= 11 is 0. The number of hydrogen-bond donors (Lipinski definition) is 0. The van der Waals surface area contributed by atoms with Crippen LogP contribution in [0, 0.1) is 0 Å². The minimum absolute atomic E-state index is 1.03. The van der Waals surface area contributed by atoms with Crippen molar-refractivity contribution in [2.75, 3.05) is 0 Å². The van der Waals surface area contributed by atoms with Crippen molar-refractivity contribution in [1.82, 2.24) is 9.55 Å². The zero-order chi connectivity index (χ0) is 15.6. The van der Waals surface area contributed by atoms with Gasteiger partial charge in [0, 0.05) is 34.6 Å². The van der Waals surface area contributed by atoms with Crippen LogP contribution in [0.5, 0.6) is 0 Å². The Morgan fingerprint density at radius 1 is 0.870 bits per heavy atom. The summed E-state index contributed by atoms with van der Waals surface area (Å²) in [4.78, 5) is 4.72. The van der Waals surface area contributed by atoms with E-state index in [-0.39, 0.29) is 0 Å². The van der Waals surface area contributed by atoms with Crippen LogP contribution in [-0.2, 0) is 6.54 Å². The molecule has 2 heterocycles. The zero-order valence-corrected chi connectivity index (χ0v) is 13.4. The minimum Gasteiger partial charge on any atom is -0.339 e. The van der Waals surface area contributed by atoms with Crippen LogP contribution in [0.3, 0.4) is 0 Å². The summed E-state index contributed by atoms with van der Waals surface area (Å²) in [6.45, 7) is 3.27. The fourth-order valence-corrected chi connectivity index (χ4v) is 3.36. The highest BCUT2D eigenvalue weighted by Gasteiger charge is 2.15. The van der Waals surface area contributed by atoms with Crippen LogP contribution in [0.4, 0.5) is 0 Å². The molecule has 0 saturated heterocycles. The number of pyridine rings is 1. The van der Waals surface area contributed by atoms with Gasteiger partial charge in [-0.1, -0.05) is 61.9 Å². The van der Waals surface area contributed by atoms with Crippen LogP contribution in [0.1, 0.15) is 19.8 Å². The highest BCUT2D eigenvalue weighted by molar-refractivity contribution is 6.11. The van der Waals surface area contributed by atoms with E-state index in [9.17, 15) is 0 Å². The van der Waals surface area contributed by atoms with Crippen molar-refractivity contribution >= 4 is 21.8 Å². The van der Waals surface area contributed by atoms with Gasteiger partial charge in [0.2, 0.25) is 0 Å². The van der Waals surface area contributed by atoms with Gasteiger partial charge < -0.3 is 4.57 Å². The summed E-state index contributed by atoms with van der Waals surface area (Å²) in [5, 5.41) is 2.61. The molecule has 2 nitrogen and oxygen atoms in total. The molecule has 0 aliphatic heterocycles. The van der Waals surface area contributed by atoms with Gasteiger partial charge in [-0.25, -0.2) is 0 Å². The van der Waals surface area contributed by atoms with Crippen molar-refractivity contribution in [3.05, 3.63) is 66.9 Å². The average molecular weight is 300 g/mol. The van der Waals surface area contributed by atoms with Gasteiger partial charge in [0.15, 0.2) is 0 Å². The maximum absolute atomic E-state index is 4.72. The molecule has 0 amide bonds. The summed E-state index contributed by atoms with van der Waals surface area (Å²) in [6.07, 6.45) is 4.30. The van der Waals surface area contributed by atoms with E-state index in [0.29, 0.717) is 0 Å². The Kier molecular flexibility index (Phi) is 3.58. The number of nitrogens with zero attached hydrogens (tertiary/aromatic N) is 2. The van der Waals surface area contributed by atoms with E-state index in [1.807, 2.05) is 6.20 Å². The molecular formula is C21H20N2. The van der Waals surface area contributed by atoms with Gasteiger partial charge in [0.25, 0.3) is 0 Å². The highest BCUT2D eigenvalue weighted by atomic mass is 15.0. The van der Waals surface area contributed by atoms with E-state index in [1.54, 1.807) is 0 Å². The molecule has 114 valence electrons. The first kappa shape index (κ1) is 14.0. The summed E-state index contributed by atoms with van der Waals surface area (Å²) in [5.74, 6) is 0. The lowest BCUT2D eigenvalue weighted by Crippen LogP contribution is -1.99. The van der Waals surface area contributed by atoms with Gasteiger partial charge in [-0.15, -0.1) is 0 Å². The number of para-hydroxylation sites is 1. The third kappa shape index (κ3) is 2.31. The van der Waals surface area contributed by atoms with Crippen LogP contribution < -0.4 is 0 Å². The first-order valence-corrected chi connectivity index (χ1v) is 8.31. The van der Waals surface area contributed by atoms with Gasteiger partial charge >= 0.3 is 0 Å². The molecule has 2 heteroatoms. The Balaban J connectivity index is 2.09. The summed E-state index contributed by atoms with van der Waals surface area (Å²) < 4.78 is 2.45. The van der Waals surface area contributed by atoms with E-state index >= 15 is 0 Å². The number of rotatable bonds is 4. The van der Waals surface area contributed by atoms with Crippen LogP contribution in [0.2, 0.25) is 0 Å². The maximum atomic E-state index is 4.72. The van der Waals surface area contributed by atoms with Crippen LogP contribution in [0.25, 0.3) is 33.1 Å². The molecule has 4 aromatic rings. The first-order chi connectivity index (χ1) is 11.4. The maximum Gasteiger partial charge on any atom is 0.0945 e. The molecule has 0 fully saturated rings. The minimum atomic E-state index is 1.03. The molecular weight excluding hydrogens is 280 g/mol. The summed E-state index contributed by atoms with van der Waals surface area (Å²) in [6, 6.07) is 21.3. The number of benzene rings is 2. The Bertz CT molecular complexity index is 952. The summed E-state index contributed by atoms with van der Waals surface area (Å²) in [7, 11) is 0. The monoisotopic (exact) mass is 300 g/mol. The second-order valence-corrected chi connectivity index (χ2v) is 5.94. The standard InChI is InChI=1S/C21H20N2/c1-2-3-15-23-19-12-8-7-11-17(19)18-13-14-22-20(21(18)23)16-9-5-4-6-10-16/h4-14H,2-3,15H2,1H3. The molecule has 0 saturated carbocycles. The Morgan fingerprint density at radius 3 is 2.48 bits per heavy atom. The first-order valence-electron chi connectivity index (χ1n) is 8.31. The molecule has 0 unspecified atom stereocenters. The zero-order valence-electron chi connectivity index (χ0n) is 13.4. The second-order valence-electron chi connectivity index (χ2n) is 5.94. The lowest BCUT2D eigenvalue weighted by atomic mass is 10.1. The van der Waals surface area contributed by atoms with Gasteiger partial charge in [-0.2, -0.15) is 0 Å². The van der Waals surface area contributed by atoms with Gasteiger partial charge in [0.1, 0.15) is 0 Å². The SMILES string of the molecule is CCCCn1c2ccccc2c2ccnc(-c3ccccc3)c21. The smallest absolute Gasteiger partial charge is 0.0945 e.